The number of hydrogen-bond acceptors (Lipinski definition) is 5. The summed E-state index contributed by atoms with van der Waals surface area (Å²) in [7, 11) is 0. The van der Waals surface area contributed by atoms with Crippen molar-refractivity contribution in [2.24, 2.45) is 0 Å². The number of piperazine rings is 1. The molecule has 1 saturated heterocycles. The fourth-order valence-electron chi connectivity index (χ4n) is 4.17. The lowest BCUT2D eigenvalue weighted by atomic mass is 10.1. The van der Waals surface area contributed by atoms with Crippen LogP contribution in [0.3, 0.4) is 0 Å². The molecule has 0 spiro atoms. The number of amides is 2. The third kappa shape index (κ3) is 6.69. The van der Waals surface area contributed by atoms with E-state index in [9.17, 15) is 18.4 Å². The van der Waals surface area contributed by atoms with Crippen molar-refractivity contribution in [3.05, 3.63) is 94.9 Å². The Bertz CT molecular complexity index is 1170. The van der Waals surface area contributed by atoms with Gasteiger partial charge in [0.2, 0.25) is 0 Å². The molecular weight excluding hydrogens is 468 g/mol. The summed E-state index contributed by atoms with van der Waals surface area (Å²) < 4.78 is 38.0. The van der Waals surface area contributed by atoms with Gasteiger partial charge in [0.25, 0.3) is 5.91 Å². The molecule has 4 rings (SSSR count). The molecule has 0 atom stereocenters. The van der Waals surface area contributed by atoms with Crippen LogP contribution in [0.15, 0.2) is 65.1 Å². The Kier molecular flexibility index (Phi) is 8.32. The molecule has 2 aromatic carbocycles. The Morgan fingerprint density at radius 2 is 1.56 bits per heavy atom. The van der Waals surface area contributed by atoms with Crippen molar-refractivity contribution in [1.29, 1.82) is 0 Å². The van der Waals surface area contributed by atoms with E-state index < -0.39 is 0 Å². The first-order chi connectivity index (χ1) is 17.4. The monoisotopic (exact) mass is 497 g/mol. The molecule has 1 aliphatic heterocycles. The summed E-state index contributed by atoms with van der Waals surface area (Å²) in [6.45, 7) is 4.95. The van der Waals surface area contributed by atoms with Crippen LogP contribution in [0.2, 0.25) is 0 Å². The number of nitrogens with zero attached hydrogens (tertiary/aromatic N) is 3. The van der Waals surface area contributed by atoms with Crippen molar-refractivity contribution in [3.8, 4) is 0 Å². The van der Waals surface area contributed by atoms with Crippen LogP contribution in [-0.2, 0) is 24.4 Å². The van der Waals surface area contributed by atoms with Crippen molar-refractivity contribution in [2.45, 2.75) is 26.6 Å². The number of benzene rings is 2. The Hall–Kier alpha value is -3.72. The molecule has 1 fully saturated rings. The fourth-order valence-corrected chi connectivity index (χ4v) is 4.17. The van der Waals surface area contributed by atoms with E-state index in [1.807, 2.05) is 11.0 Å². The first kappa shape index (κ1) is 25.4. The zero-order valence-corrected chi connectivity index (χ0v) is 20.2. The van der Waals surface area contributed by atoms with Gasteiger partial charge in [-0.3, -0.25) is 9.69 Å². The Morgan fingerprint density at radius 3 is 2.25 bits per heavy atom. The minimum absolute atomic E-state index is 0.224. The second-order valence-electron chi connectivity index (χ2n) is 8.65. The first-order valence-corrected chi connectivity index (χ1v) is 11.9. The summed E-state index contributed by atoms with van der Waals surface area (Å²) in [6, 6.07) is 16.0. The summed E-state index contributed by atoms with van der Waals surface area (Å²) in [5.74, 6) is -0.0556. The van der Waals surface area contributed by atoms with Crippen LogP contribution >= 0.6 is 0 Å². The van der Waals surface area contributed by atoms with Crippen molar-refractivity contribution in [2.75, 3.05) is 32.8 Å². The number of rotatable bonds is 8. The maximum Gasteiger partial charge on any atom is 0.409 e. The summed E-state index contributed by atoms with van der Waals surface area (Å²) in [6.07, 6.45) is -0.371. The van der Waals surface area contributed by atoms with Crippen LogP contribution < -0.4 is 0 Å². The number of carbonyl (C=O) groups is 2. The first-order valence-electron chi connectivity index (χ1n) is 11.9. The van der Waals surface area contributed by atoms with E-state index in [1.54, 1.807) is 47.1 Å². The molecule has 0 unspecified atom stereocenters. The average molecular weight is 498 g/mol. The summed E-state index contributed by atoms with van der Waals surface area (Å²) in [5, 5.41) is 0. The van der Waals surface area contributed by atoms with Crippen molar-refractivity contribution >= 4 is 12.0 Å². The quantitative estimate of drug-likeness (QED) is 0.452. The van der Waals surface area contributed by atoms with Gasteiger partial charge in [0.05, 0.1) is 13.2 Å². The van der Waals surface area contributed by atoms with Gasteiger partial charge in [-0.05, 0) is 54.4 Å². The van der Waals surface area contributed by atoms with E-state index in [2.05, 4.69) is 0 Å². The smallest absolute Gasteiger partial charge is 0.409 e. The topological polar surface area (TPSA) is 66.2 Å². The van der Waals surface area contributed by atoms with Crippen LogP contribution in [0, 0.1) is 11.6 Å². The number of ether oxygens (including phenoxy) is 1. The van der Waals surface area contributed by atoms with Gasteiger partial charge in [0.15, 0.2) is 5.76 Å². The van der Waals surface area contributed by atoms with E-state index in [4.69, 9.17) is 9.15 Å². The second kappa shape index (κ2) is 11.8. The highest BCUT2D eigenvalue weighted by Crippen LogP contribution is 2.19. The maximum atomic E-state index is 13.7. The number of halogens is 2. The van der Waals surface area contributed by atoms with Crippen LogP contribution in [0.1, 0.15) is 34.4 Å². The lowest BCUT2D eigenvalue weighted by molar-refractivity contribution is 0.0543. The van der Waals surface area contributed by atoms with E-state index in [1.165, 1.54) is 24.3 Å². The number of furan rings is 1. The van der Waals surface area contributed by atoms with Crippen LogP contribution in [0.4, 0.5) is 13.6 Å². The molecule has 9 heteroatoms. The molecule has 3 aromatic rings. The van der Waals surface area contributed by atoms with Crippen LogP contribution in [-0.4, -0.2) is 59.5 Å². The summed E-state index contributed by atoms with van der Waals surface area (Å²) >= 11 is 0. The molecule has 0 N–H and O–H groups in total. The minimum Gasteiger partial charge on any atom is -0.455 e. The van der Waals surface area contributed by atoms with Gasteiger partial charge in [0, 0.05) is 39.3 Å². The van der Waals surface area contributed by atoms with Gasteiger partial charge >= 0.3 is 6.09 Å². The van der Waals surface area contributed by atoms with Crippen LogP contribution in [0.25, 0.3) is 0 Å². The molecule has 2 amide bonds. The fraction of sp³-hybridized carbons (Fsp3) is 0.333. The zero-order valence-electron chi connectivity index (χ0n) is 20.2. The van der Waals surface area contributed by atoms with Gasteiger partial charge in [-0.2, -0.15) is 0 Å². The van der Waals surface area contributed by atoms with E-state index in [-0.39, 0.29) is 29.4 Å². The maximum absolute atomic E-state index is 13.7. The third-order valence-electron chi connectivity index (χ3n) is 5.96. The predicted molar refractivity (Wildman–Crippen MR) is 129 cm³/mol. The lowest BCUT2D eigenvalue weighted by Crippen LogP contribution is -2.50. The Morgan fingerprint density at radius 1 is 0.861 bits per heavy atom. The second-order valence-corrected chi connectivity index (χ2v) is 8.65. The van der Waals surface area contributed by atoms with Crippen molar-refractivity contribution < 1.29 is 27.5 Å². The molecule has 36 heavy (non-hydrogen) atoms. The van der Waals surface area contributed by atoms with Gasteiger partial charge in [-0.25, -0.2) is 13.6 Å². The molecule has 1 aliphatic rings. The van der Waals surface area contributed by atoms with Gasteiger partial charge in [-0.1, -0.05) is 24.3 Å². The predicted octanol–water partition coefficient (Wildman–Crippen LogP) is 4.67. The van der Waals surface area contributed by atoms with E-state index >= 15 is 0 Å². The van der Waals surface area contributed by atoms with Crippen molar-refractivity contribution in [1.82, 2.24) is 14.7 Å². The van der Waals surface area contributed by atoms with Gasteiger partial charge < -0.3 is 19.0 Å². The third-order valence-corrected chi connectivity index (χ3v) is 5.96. The average Bonchev–Trinajstić information content (AvgIpc) is 3.33. The standard InChI is InChI=1S/C27H29F2N3O4/c1-2-35-27(34)32-14-12-31(13-15-32)26(33)25-11-10-24(36-25)19-30(17-20-6-8-22(28)9-7-20)18-21-4-3-5-23(29)16-21/h3-11,16H,2,12-15,17-19H2,1H3. The Labute approximate surface area is 208 Å². The van der Waals surface area contributed by atoms with E-state index in [0.717, 1.165) is 11.1 Å². The molecule has 2 heterocycles. The molecule has 0 saturated carbocycles. The highest BCUT2D eigenvalue weighted by Gasteiger charge is 2.27. The molecule has 1 aromatic heterocycles. The molecule has 0 bridgehead atoms. The zero-order chi connectivity index (χ0) is 25.5. The molecule has 0 radical (unpaired) electrons. The van der Waals surface area contributed by atoms with Gasteiger partial charge in [-0.15, -0.1) is 0 Å². The molecule has 7 nitrogen and oxygen atoms in total. The Balaban J connectivity index is 1.41. The summed E-state index contributed by atoms with van der Waals surface area (Å²) in [4.78, 5) is 30.1. The number of carbonyl (C=O) groups excluding carboxylic acids is 2. The minimum atomic E-state index is -0.371. The van der Waals surface area contributed by atoms with Crippen molar-refractivity contribution in [3.63, 3.8) is 0 Å². The largest absolute Gasteiger partial charge is 0.455 e. The summed E-state index contributed by atoms with van der Waals surface area (Å²) in [5.41, 5.74) is 1.69. The SMILES string of the molecule is CCOC(=O)N1CCN(C(=O)c2ccc(CN(Cc3ccc(F)cc3)Cc3cccc(F)c3)o2)CC1. The van der Waals surface area contributed by atoms with Gasteiger partial charge in [0.1, 0.15) is 17.4 Å². The highest BCUT2D eigenvalue weighted by atomic mass is 19.1. The normalized spacial score (nSPS) is 13.8. The van der Waals surface area contributed by atoms with E-state index in [0.29, 0.717) is 58.2 Å². The lowest BCUT2D eigenvalue weighted by Gasteiger charge is -2.33. The van der Waals surface area contributed by atoms with Crippen LogP contribution in [0.5, 0.6) is 0 Å². The highest BCUT2D eigenvalue weighted by molar-refractivity contribution is 5.91. The molecular formula is C27H29F2N3O4. The molecule has 0 aliphatic carbocycles. The molecule has 190 valence electrons. The number of hydrogen-bond donors (Lipinski definition) is 0.